The van der Waals surface area contributed by atoms with Crippen LogP contribution in [0, 0.1) is 0 Å². The van der Waals surface area contributed by atoms with E-state index in [0.717, 1.165) is 0 Å². The van der Waals surface area contributed by atoms with Crippen LogP contribution in [0.1, 0.15) is 0 Å². The molecular formula is H6AlMnO4P. The fraction of sp³-hybridized carbons (Fsp3) is 0. The molecule has 0 atom stereocenters. The van der Waals surface area contributed by atoms with Crippen LogP contribution in [0.5, 0.6) is 0 Å². The normalized spacial score (nSPS) is 8.43. The summed E-state index contributed by atoms with van der Waals surface area (Å²) < 4.78 is 8.88. The van der Waals surface area contributed by atoms with Crippen molar-refractivity contribution < 1.29 is 36.3 Å². The van der Waals surface area contributed by atoms with Gasteiger partial charge in [0, 0.05) is 17.1 Å². The van der Waals surface area contributed by atoms with Gasteiger partial charge in [0.1, 0.15) is 0 Å². The first-order chi connectivity index (χ1) is 2.00. The minimum Gasteiger partial charge on any atom is -0.303 e. The van der Waals surface area contributed by atoms with E-state index >= 15 is 0 Å². The number of phosphoric acid groups is 1. The maximum Gasteiger partial charge on any atom is 0.466 e. The van der Waals surface area contributed by atoms with Gasteiger partial charge in [0.2, 0.25) is 0 Å². The van der Waals surface area contributed by atoms with E-state index in [9.17, 15) is 0 Å². The van der Waals surface area contributed by atoms with Gasteiger partial charge in [0.15, 0.2) is 17.4 Å². The van der Waals surface area contributed by atoms with Crippen molar-refractivity contribution in [3.05, 3.63) is 0 Å². The molecule has 0 amide bonds. The summed E-state index contributed by atoms with van der Waals surface area (Å²) in [7, 11) is -4.64. The average molecular weight is 183 g/mol. The molecule has 0 aromatic rings. The minimum absolute atomic E-state index is 0. The van der Waals surface area contributed by atoms with Crippen molar-refractivity contribution in [2.45, 2.75) is 0 Å². The van der Waals surface area contributed by atoms with Gasteiger partial charge >= 0.3 is 7.82 Å². The smallest absolute Gasteiger partial charge is 0.303 e. The van der Waals surface area contributed by atoms with E-state index in [1.165, 1.54) is 0 Å². The third-order valence-electron chi connectivity index (χ3n) is 0. The van der Waals surface area contributed by atoms with Gasteiger partial charge in [-0.25, -0.2) is 4.57 Å². The third-order valence-corrected chi connectivity index (χ3v) is 0. The molecule has 7 heteroatoms. The van der Waals surface area contributed by atoms with E-state index in [4.69, 9.17) is 19.2 Å². The SMILES string of the molecule is O=P(O)(O)O.[AlH3].[Mn]. The molecule has 1 radical (unpaired) electrons. The van der Waals surface area contributed by atoms with E-state index in [2.05, 4.69) is 0 Å². The van der Waals surface area contributed by atoms with Crippen molar-refractivity contribution in [1.82, 2.24) is 0 Å². The van der Waals surface area contributed by atoms with Gasteiger partial charge in [-0.2, -0.15) is 0 Å². The van der Waals surface area contributed by atoms with E-state index in [1.807, 2.05) is 0 Å². The molecule has 0 saturated heterocycles. The van der Waals surface area contributed by atoms with Crippen molar-refractivity contribution >= 4 is 25.2 Å². The molecule has 0 aromatic carbocycles. The summed E-state index contributed by atoms with van der Waals surface area (Å²) in [5.41, 5.74) is 0. The summed E-state index contributed by atoms with van der Waals surface area (Å²) in [6, 6.07) is 0. The predicted molar refractivity (Wildman–Crippen MR) is 24.2 cm³/mol. The molecule has 45 valence electrons. The first-order valence-corrected chi connectivity index (χ1v) is 2.35. The maximum atomic E-state index is 8.88. The molecule has 0 spiro atoms. The molecule has 0 rings (SSSR count). The summed E-state index contributed by atoms with van der Waals surface area (Å²) in [6.07, 6.45) is 0. The van der Waals surface area contributed by atoms with Crippen LogP contribution in [0.25, 0.3) is 0 Å². The molecule has 7 heavy (non-hydrogen) atoms. The van der Waals surface area contributed by atoms with Gasteiger partial charge in [-0.3, -0.25) is 0 Å². The minimum atomic E-state index is -4.64. The molecule has 0 aliphatic rings. The molecule has 0 aliphatic heterocycles. The van der Waals surface area contributed by atoms with Gasteiger partial charge in [-0.05, 0) is 0 Å². The standard InChI is InChI=1S/Al.Mn.H3O4P.3H/c;;1-5(2,3)4;;;/h;;(H3,1,2,3,4);;;. The third kappa shape index (κ3) is 141. The number of rotatable bonds is 0. The number of hydrogen-bond donors (Lipinski definition) is 3. The van der Waals surface area contributed by atoms with E-state index < -0.39 is 7.82 Å². The Morgan fingerprint density at radius 2 is 1.14 bits per heavy atom. The van der Waals surface area contributed by atoms with Crippen LogP contribution in [0.4, 0.5) is 0 Å². The van der Waals surface area contributed by atoms with Crippen LogP contribution >= 0.6 is 7.82 Å². The van der Waals surface area contributed by atoms with E-state index in [1.54, 1.807) is 0 Å². The monoisotopic (exact) mass is 183 g/mol. The van der Waals surface area contributed by atoms with Crippen LogP contribution in [-0.2, 0) is 21.6 Å². The molecule has 0 unspecified atom stereocenters. The molecule has 0 heterocycles. The van der Waals surface area contributed by atoms with Crippen molar-refractivity contribution in [1.29, 1.82) is 0 Å². The van der Waals surface area contributed by atoms with Crippen LogP contribution in [0.3, 0.4) is 0 Å². The zero-order valence-electron chi connectivity index (χ0n) is 2.58. The first-order valence-electron chi connectivity index (χ1n) is 0.783. The van der Waals surface area contributed by atoms with Gasteiger partial charge in [0.05, 0.1) is 0 Å². The molecule has 0 bridgehead atoms. The molecule has 3 N–H and O–H groups in total. The van der Waals surface area contributed by atoms with E-state index in [-0.39, 0.29) is 34.4 Å². The maximum absolute atomic E-state index is 8.88. The first kappa shape index (κ1) is 15.7. The average Bonchev–Trinajstić information content (AvgIpc) is 0.722. The fourth-order valence-corrected chi connectivity index (χ4v) is 0. The zero-order valence-corrected chi connectivity index (χ0v) is 4.65. The Morgan fingerprint density at radius 3 is 1.14 bits per heavy atom. The van der Waals surface area contributed by atoms with Gasteiger partial charge in [0.25, 0.3) is 0 Å². The fourth-order valence-electron chi connectivity index (χ4n) is 0. The van der Waals surface area contributed by atoms with Gasteiger partial charge < -0.3 is 14.7 Å². The van der Waals surface area contributed by atoms with Crippen LogP contribution in [0.2, 0.25) is 0 Å². The predicted octanol–water partition coefficient (Wildman–Crippen LogP) is -2.12. The van der Waals surface area contributed by atoms with Gasteiger partial charge in [-0.15, -0.1) is 0 Å². The number of hydrogen-bond acceptors (Lipinski definition) is 1. The van der Waals surface area contributed by atoms with Crippen LogP contribution in [-0.4, -0.2) is 32.0 Å². The second kappa shape index (κ2) is 5.30. The Morgan fingerprint density at radius 1 is 1.14 bits per heavy atom. The van der Waals surface area contributed by atoms with Crippen LogP contribution < -0.4 is 0 Å². The van der Waals surface area contributed by atoms with Crippen molar-refractivity contribution in [2.24, 2.45) is 0 Å². The second-order valence-electron chi connectivity index (χ2n) is 0.513. The Balaban J connectivity index is -0.0000000800. The Hall–Kier alpha value is 1.16. The van der Waals surface area contributed by atoms with E-state index in [0.29, 0.717) is 0 Å². The molecule has 0 fully saturated rings. The molecule has 4 nitrogen and oxygen atoms in total. The Bertz CT molecular complexity index is 57.8. The second-order valence-corrected chi connectivity index (χ2v) is 1.54. The topological polar surface area (TPSA) is 77.8 Å². The zero-order chi connectivity index (χ0) is 4.50. The largest absolute Gasteiger partial charge is 0.466 e. The summed E-state index contributed by atoms with van der Waals surface area (Å²) in [5, 5.41) is 0. The summed E-state index contributed by atoms with van der Waals surface area (Å²) in [4.78, 5) is 21.6. The van der Waals surface area contributed by atoms with Crippen LogP contribution in [0.15, 0.2) is 0 Å². The molecule has 0 aliphatic carbocycles. The molecule has 0 aromatic heterocycles. The van der Waals surface area contributed by atoms with Gasteiger partial charge in [-0.1, -0.05) is 0 Å². The summed E-state index contributed by atoms with van der Waals surface area (Å²) in [5.74, 6) is 0. The van der Waals surface area contributed by atoms with Crippen molar-refractivity contribution in [2.75, 3.05) is 0 Å². The Kier molecular flexibility index (Phi) is 11.9. The molecular weight excluding hydrogens is 177 g/mol. The summed E-state index contributed by atoms with van der Waals surface area (Å²) >= 11 is 0. The quantitative estimate of drug-likeness (QED) is 0.296. The van der Waals surface area contributed by atoms with Crippen molar-refractivity contribution in [3.8, 4) is 0 Å². The Labute approximate surface area is 61.8 Å². The molecule has 0 saturated carbocycles. The summed E-state index contributed by atoms with van der Waals surface area (Å²) in [6.45, 7) is 0. The van der Waals surface area contributed by atoms with Crippen molar-refractivity contribution in [3.63, 3.8) is 0 Å².